The van der Waals surface area contributed by atoms with Crippen LogP contribution in [-0.2, 0) is 4.65 Å². The van der Waals surface area contributed by atoms with Gasteiger partial charge in [-0.3, -0.25) is 4.79 Å². The Balaban J connectivity index is 1.73. The number of ketones is 1. The van der Waals surface area contributed by atoms with Crippen LogP contribution in [0.1, 0.15) is 28.9 Å². The Labute approximate surface area is 184 Å². The van der Waals surface area contributed by atoms with Gasteiger partial charge in [-0.1, -0.05) is 128 Å². The lowest BCUT2D eigenvalue weighted by Crippen LogP contribution is -2.46. The summed E-state index contributed by atoms with van der Waals surface area (Å²) in [6, 6.07) is 39.9. The highest BCUT2D eigenvalue weighted by Crippen LogP contribution is 2.29. The molecule has 0 aromatic heterocycles. The van der Waals surface area contributed by atoms with Crippen molar-refractivity contribution in [2.45, 2.75) is 13.0 Å². The van der Waals surface area contributed by atoms with E-state index in [1.807, 2.05) is 104 Å². The lowest BCUT2D eigenvalue weighted by Gasteiger charge is -2.28. The zero-order valence-corrected chi connectivity index (χ0v) is 17.6. The van der Waals surface area contributed by atoms with Crippen molar-refractivity contribution in [1.82, 2.24) is 0 Å². The van der Waals surface area contributed by atoms with Gasteiger partial charge in [0.25, 0.3) is 0 Å². The van der Waals surface area contributed by atoms with Gasteiger partial charge in [0.2, 0.25) is 0 Å². The van der Waals surface area contributed by atoms with E-state index in [4.69, 9.17) is 4.65 Å². The lowest BCUT2D eigenvalue weighted by atomic mass is 9.55. The van der Waals surface area contributed by atoms with Crippen molar-refractivity contribution >= 4 is 23.6 Å². The summed E-state index contributed by atoms with van der Waals surface area (Å²) < 4.78 is 6.79. The van der Waals surface area contributed by atoms with Crippen LogP contribution in [0.25, 0.3) is 0 Å². The van der Waals surface area contributed by atoms with Gasteiger partial charge in [0.15, 0.2) is 5.78 Å². The minimum absolute atomic E-state index is 0.0781. The summed E-state index contributed by atoms with van der Waals surface area (Å²) in [5.41, 5.74) is 3.83. The predicted molar refractivity (Wildman–Crippen MR) is 128 cm³/mol. The SMILES string of the molecule is CC(C(=O)c1ccccc1)C(OB(c1ccccc1)c1ccccc1)c1ccccc1. The van der Waals surface area contributed by atoms with Crippen LogP contribution in [0.2, 0.25) is 0 Å². The van der Waals surface area contributed by atoms with E-state index >= 15 is 0 Å². The molecule has 0 radical (unpaired) electrons. The molecule has 0 fully saturated rings. The van der Waals surface area contributed by atoms with Crippen molar-refractivity contribution in [2.24, 2.45) is 5.92 Å². The molecule has 0 heterocycles. The number of benzene rings is 4. The van der Waals surface area contributed by atoms with Gasteiger partial charge in [0.05, 0.1) is 6.10 Å². The maximum absolute atomic E-state index is 13.3. The third-order valence-corrected chi connectivity index (χ3v) is 5.54. The molecule has 0 spiro atoms. The van der Waals surface area contributed by atoms with Crippen LogP contribution in [0.3, 0.4) is 0 Å². The first-order valence-corrected chi connectivity index (χ1v) is 10.6. The predicted octanol–water partition coefficient (Wildman–Crippen LogP) is 5.07. The van der Waals surface area contributed by atoms with Crippen molar-refractivity contribution < 1.29 is 9.45 Å². The number of hydrogen-bond acceptors (Lipinski definition) is 2. The summed E-state index contributed by atoms with van der Waals surface area (Å²) in [4.78, 5) is 13.3. The standard InChI is InChI=1S/C28H25BO2/c1-22(27(30)23-14-6-2-7-15-23)28(24-16-8-3-9-17-24)31-29(25-18-10-4-11-19-25)26-20-12-5-13-21-26/h2-22,28H,1H3. The number of hydrogen-bond donors (Lipinski definition) is 0. The van der Waals surface area contributed by atoms with Crippen LogP contribution in [0.4, 0.5) is 0 Å². The van der Waals surface area contributed by atoms with Crippen LogP contribution in [-0.4, -0.2) is 12.7 Å². The monoisotopic (exact) mass is 404 g/mol. The zero-order chi connectivity index (χ0) is 21.5. The lowest BCUT2D eigenvalue weighted by molar-refractivity contribution is 0.0775. The molecular formula is C28H25BO2. The Morgan fingerprint density at radius 3 is 1.55 bits per heavy atom. The number of carbonyl (C=O) groups is 1. The smallest absolute Gasteiger partial charge is 0.362 e. The number of carbonyl (C=O) groups excluding carboxylic acids is 1. The molecule has 152 valence electrons. The van der Waals surface area contributed by atoms with E-state index in [2.05, 4.69) is 24.3 Å². The van der Waals surface area contributed by atoms with E-state index in [1.165, 1.54) is 0 Å². The van der Waals surface area contributed by atoms with E-state index in [0.29, 0.717) is 5.56 Å². The van der Waals surface area contributed by atoms with E-state index < -0.39 is 0 Å². The molecular weight excluding hydrogens is 379 g/mol. The largest absolute Gasteiger partial charge is 0.419 e. The molecule has 31 heavy (non-hydrogen) atoms. The summed E-state index contributed by atoms with van der Waals surface area (Å²) in [7, 11) is 0. The molecule has 2 unspecified atom stereocenters. The van der Waals surface area contributed by atoms with Crippen LogP contribution in [0.15, 0.2) is 121 Å². The third-order valence-electron chi connectivity index (χ3n) is 5.54. The first-order valence-electron chi connectivity index (χ1n) is 10.6. The van der Waals surface area contributed by atoms with Crippen molar-refractivity contribution in [3.05, 3.63) is 132 Å². The number of Topliss-reactive ketones (excluding diaryl/α,β-unsaturated/α-hetero) is 1. The van der Waals surface area contributed by atoms with Gasteiger partial charge in [-0.15, -0.1) is 0 Å². The van der Waals surface area contributed by atoms with Crippen molar-refractivity contribution in [3.63, 3.8) is 0 Å². The summed E-state index contributed by atoms with van der Waals surface area (Å²) in [5.74, 6) is -0.269. The van der Waals surface area contributed by atoms with Crippen molar-refractivity contribution in [3.8, 4) is 0 Å². The first-order chi connectivity index (χ1) is 15.2. The summed E-state index contributed by atoms with van der Waals surface area (Å²) in [6.45, 7) is 1.68. The summed E-state index contributed by atoms with van der Waals surface area (Å²) in [6.07, 6.45) is -0.390. The molecule has 0 aliphatic carbocycles. The van der Waals surface area contributed by atoms with E-state index in [9.17, 15) is 4.79 Å². The van der Waals surface area contributed by atoms with Crippen LogP contribution in [0, 0.1) is 5.92 Å². The topological polar surface area (TPSA) is 26.3 Å². The number of rotatable bonds is 8. The van der Waals surface area contributed by atoms with Gasteiger partial charge >= 0.3 is 6.92 Å². The summed E-state index contributed by atoms with van der Waals surface area (Å²) >= 11 is 0. The fourth-order valence-corrected chi connectivity index (χ4v) is 3.88. The molecule has 4 aromatic rings. The first kappa shape index (κ1) is 20.8. The zero-order valence-electron chi connectivity index (χ0n) is 17.6. The van der Waals surface area contributed by atoms with E-state index in [1.54, 1.807) is 0 Å². The fraction of sp³-hybridized carbons (Fsp3) is 0.107. The minimum Gasteiger partial charge on any atom is -0.419 e. The maximum atomic E-state index is 13.3. The second-order valence-electron chi connectivity index (χ2n) is 7.69. The van der Waals surface area contributed by atoms with Crippen molar-refractivity contribution in [1.29, 1.82) is 0 Å². The third kappa shape index (κ3) is 5.01. The Morgan fingerprint density at radius 1 is 0.645 bits per heavy atom. The minimum atomic E-state index is -0.390. The highest BCUT2D eigenvalue weighted by atomic mass is 16.4. The summed E-state index contributed by atoms with van der Waals surface area (Å²) in [5, 5.41) is 0. The van der Waals surface area contributed by atoms with Gasteiger partial charge < -0.3 is 4.65 Å². The Hall–Kier alpha value is -3.43. The molecule has 2 nitrogen and oxygen atoms in total. The fourth-order valence-electron chi connectivity index (χ4n) is 3.88. The average molecular weight is 404 g/mol. The Kier molecular flexibility index (Phi) is 6.76. The quantitative estimate of drug-likeness (QED) is 0.303. The van der Waals surface area contributed by atoms with Gasteiger partial charge in [-0.2, -0.15) is 0 Å². The second-order valence-corrected chi connectivity index (χ2v) is 7.69. The van der Waals surface area contributed by atoms with Crippen LogP contribution < -0.4 is 10.9 Å². The van der Waals surface area contributed by atoms with Crippen LogP contribution in [0.5, 0.6) is 0 Å². The second kappa shape index (κ2) is 10.1. The molecule has 0 saturated heterocycles. The molecule has 0 N–H and O–H groups in total. The molecule has 0 saturated carbocycles. The van der Waals surface area contributed by atoms with Gasteiger partial charge in [-0.25, -0.2) is 0 Å². The Bertz CT molecular complexity index is 1040. The van der Waals surface area contributed by atoms with E-state index in [0.717, 1.165) is 16.5 Å². The molecule has 0 aliphatic rings. The van der Waals surface area contributed by atoms with E-state index in [-0.39, 0.29) is 24.7 Å². The molecule has 0 bridgehead atoms. The maximum Gasteiger partial charge on any atom is 0.362 e. The molecule has 4 aromatic carbocycles. The van der Waals surface area contributed by atoms with Crippen LogP contribution >= 0.6 is 0 Å². The highest BCUT2D eigenvalue weighted by molar-refractivity contribution is 6.80. The average Bonchev–Trinajstić information content (AvgIpc) is 2.86. The Morgan fingerprint density at radius 2 is 1.06 bits per heavy atom. The molecule has 0 amide bonds. The molecule has 0 aliphatic heterocycles. The molecule has 2 atom stereocenters. The molecule has 3 heteroatoms. The van der Waals surface area contributed by atoms with Gasteiger partial charge in [0, 0.05) is 11.5 Å². The van der Waals surface area contributed by atoms with Crippen molar-refractivity contribution in [2.75, 3.05) is 0 Å². The van der Waals surface area contributed by atoms with Gasteiger partial charge in [-0.05, 0) is 16.5 Å². The normalized spacial score (nSPS) is 12.7. The highest BCUT2D eigenvalue weighted by Gasteiger charge is 2.32. The van der Waals surface area contributed by atoms with Gasteiger partial charge in [0.1, 0.15) is 0 Å². The molecule has 4 rings (SSSR count).